The van der Waals surface area contributed by atoms with E-state index in [2.05, 4.69) is 15.9 Å². The average molecular weight is 325 g/mol. The summed E-state index contributed by atoms with van der Waals surface area (Å²) in [4.78, 5) is 0. The lowest BCUT2D eigenvalue weighted by molar-refractivity contribution is 0.257. The van der Waals surface area contributed by atoms with Crippen LogP contribution < -0.4 is 4.74 Å². The quantitative estimate of drug-likeness (QED) is 0.922. The van der Waals surface area contributed by atoms with Crippen molar-refractivity contribution in [3.8, 4) is 5.75 Å². The minimum atomic E-state index is -0.313. The fourth-order valence-electron chi connectivity index (χ4n) is 1.77. The maximum absolute atomic E-state index is 13.6. The summed E-state index contributed by atoms with van der Waals surface area (Å²) in [6.07, 6.45) is 0. The highest BCUT2D eigenvalue weighted by Crippen LogP contribution is 2.22. The smallest absolute Gasteiger partial charge is 0.130 e. The molecular formula is C15H14BrFO2. The van der Waals surface area contributed by atoms with Gasteiger partial charge in [-0.15, -0.1) is 0 Å². The fourth-order valence-corrected chi connectivity index (χ4v) is 2.10. The Morgan fingerprint density at radius 2 is 1.95 bits per heavy atom. The Balaban J connectivity index is 2.14. The van der Waals surface area contributed by atoms with E-state index < -0.39 is 0 Å². The predicted molar refractivity (Wildman–Crippen MR) is 75.5 cm³/mol. The van der Waals surface area contributed by atoms with E-state index in [9.17, 15) is 9.50 Å². The zero-order valence-corrected chi connectivity index (χ0v) is 12.1. The van der Waals surface area contributed by atoms with Gasteiger partial charge in [-0.05, 0) is 25.1 Å². The number of rotatable bonds is 4. The first-order valence-electron chi connectivity index (χ1n) is 5.87. The molecule has 100 valence electrons. The molecule has 0 saturated carbocycles. The van der Waals surface area contributed by atoms with Crippen LogP contribution >= 0.6 is 15.9 Å². The van der Waals surface area contributed by atoms with Gasteiger partial charge in [0, 0.05) is 15.6 Å². The molecule has 0 atom stereocenters. The average Bonchev–Trinajstić information content (AvgIpc) is 2.39. The van der Waals surface area contributed by atoms with E-state index in [0.717, 1.165) is 5.56 Å². The largest absolute Gasteiger partial charge is 0.488 e. The molecule has 0 amide bonds. The number of aliphatic hydroxyl groups excluding tert-OH is 1. The van der Waals surface area contributed by atoms with E-state index in [-0.39, 0.29) is 19.0 Å². The first kappa shape index (κ1) is 14.0. The zero-order valence-electron chi connectivity index (χ0n) is 10.5. The molecule has 4 heteroatoms. The first-order valence-corrected chi connectivity index (χ1v) is 6.66. The van der Waals surface area contributed by atoms with E-state index in [0.29, 0.717) is 21.3 Å². The lowest BCUT2D eigenvalue weighted by Crippen LogP contribution is -2.01. The molecule has 0 spiro atoms. The second kappa shape index (κ2) is 6.17. The summed E-state index contributed by atoms with van der Waals surface area (Å²) in [5.41, 5.74) is 2.23. The van der Waals surface area contributed by atoms with Gasteiger partial charge in [-0.25, -0.2) is 4.39 Å². The molecule has 0 bridgehead atoms. The number of aliphatic hydroxyl groups is 1. The van der Waals surface area contributed by atoms with E-state index in [4.69, 9.17) is 4.74 Å². The Kier molecular flexibility index (Phi) is 4.56. The van der Waals surface area contributed by atoms with Crippen molar-refractivity contribution < 1.29 is 14.2 Å². The standard InChI is InChI=1S/C15H14BrFO2/c1-10-2-5-15(12(6-10)8-18)19-9-11-3-4-13(16)7-14(11)17/h2-7,18H,8-9H2,1H3. The van der Waals surface area contributed by atoms with E-state index >= 15 is 0 Å². The lowest BCUT2D eigenvalue weighted by atomic mass is 10.1. The van der Waals surface area contributed by atoms with Gasteiger partial charge in [-0.1, -0.05) is 39.7 Å². The molecule has 1 N–H and O–H groups in total. The predicted octanol–water partition coefficient (Wildman–Crippen LogP) is 3.97. The lowest BCUT2D eigenvalue weighted by Gasteiger charge is -2.11. The number of halogens is 2. The molecule has 0 saturated heterocycles. The van der Waals surface area contributed by atoms with Gasteiger partial charge in [0.25, 0.3) is 0 Å². The topological polar surface area (TPSA) is 29.5 Å². The van der Waals surface area contributed by atoms with Crippen LogP contribution in [0.15, 0.2) is 40.9 Å². The second-order valence-corrected chi connectivity index (χ2v) is 5.21. The first-order chi connectivity index (χ1) is 9.10. The number of ether oxygens (including phenoxy) is 1. The van der Waals surface area contributed by atoms with Gasteiger partial charge >= 0.3 is 0 Å². The number of aryl methyl sites for hydroxylation is 1. The maximum atomic E-state index is 13.6. The van der Waals surface area contributed by atoms with Crippen molar-refractivity contribution in [2.45, 2.75) is 20.1 Å². The number of hydrogen-bond donors (Lipinski definition) is 1. The molecule has 2 aromatic rings. The molecule has 0 fully saturated rings. The third-order valence-corrected chi connectivity index (χ3v) is 3.28. The van der Waals surface area contributed by atoms with Gasteiger partial charge in [0.1, 0.15) is 18.2 Å². The van der Waals surface area contributed by atoms with Crippen LogP contribution in [0.5, 0.6) is 5.75 Å². The third-order valence-electron chi connectivity index (χ3n) is 2.78. The van der Waals surface area contributed by atoms with Crippen LogP contribution in [0.3, 0.4) is 0 Å². The van der Waals surface area contributed by atoms with Crippen molar-refractivity contribution in [3.05, 3.63) is 63.4 Å². The van der Waals surface area contributed by atoms with Gasteiger partial charge in [-0.3, -0.25) is 0 Å². The highest BCUT2D eigenvalue weighted by atomic mass is 79.9. The summed E-state index contributed by atoms with van der Waals surface area (Å²) in [5, 5.41) is 9.27. The Morgan fingerprint density at radius 1 is 1.16 bits per heavy atom. The van der Waals surface area contributed by atoms with Crippen LogP contribution in [0.4, 0.5) is 4.39 Å². The molecule has 2 rings (SSSR count). The molecule has 0 aliphatic carbocycles. The molecule has 2 nitrogen and oxygen atoms in total. The normalized spacial score (nSPS) is 10.5. The van der Waals surface area contributed by atoms with Crippen LogP contribution in [0, 0.1) is 12.7 Å². The molecular weight excluding hydrogens is 311 g/mol. The monoisotopic (exact) mass is 324 g/mol. The summed E-state index contributed by atoms with van der Waals surface area (Å²) in [6.45, 7) is 1.98. The Morgan fingerprint density at radius 3 is 2.63 bits per heavy atom. The van der Waals surface area contributed by atoms with Crippen molar-refractivity contribution in [1.29, 1.82) is 0 Å². The third kappa shape index (κ3) is 3.55. The summed E-state index contributed by atoms with van der Waals surface area (Å²) < 4.78 is 19.9. The van der Waals surface area contributed by atoms with Crippen LogP contribution in [-0.2, 0) is 13.2 Å². The maximum Gasteiger partial charge on any atom is 0.130 e. The Labute approximate surface area is 120 Å². The zero-order chi connectivity index (χ0) is 13.8. The molecule has 0 radical (unpaired) electrons. The molecule has 0 unspecified atom stereocenters. The summed E-state index contributed by atoms with van der Waals surface area (Å²) in [7, 11) is 0. The van der Waals surface area contributed by atoms with Crippen molar-refractivity contribution in [3.63, 3.8) is 0 Å². The number of hydrogen-bond acceptors (Lipinski definition) is 2. The van der Waals surface area contributed by atoms with Crippen molar-refractivity contribution in [1.82, 2.24) is 0 Å². The van der Waals surface area contributed by atoms with Crippen LogP contribution in [0.1, 0.15) is 16.7 Å². The van der Waals surface area contributed by atoms with Crippen molar-refractivity contribution in [2.75, 3.05) is 0 Å². The second-order valence-electron chi connectivity index (χ2n) is 4.29. The molecule has 0 aliphatic rings. The van der Waals surface area contributed by atoms with E-state index in [1.807, 2.05) is 19.1 Å². The van der Waals surface area contributed by atoms with Gasteiger partial charge in [0.2, 0.25) is 0 Å². The molecule has 19 heavy (non-hydrogen) atoms. The SMILES string of the molecule is Cc1ccc(OCc2ccc(Br)cc2F)c(CO)c1. The highest BCUT2D eigenvalue weighted by molar-refractivity contribution is 9.10. The summed E-state index contributed by atoms with van der Waals surface area (Å²) in [6, 6.07) is 10.4. The van der Waals surface area contributed by atoms with E-state index in [1.165, 1.54) is 6.07 Å². The molecule has 0 heterocycles. The molecule has 0 aliphatic heterocycles. The van der Waals surface area contributed by atoms with Gasteiger partial charge in [-0.2, -0.15) is 0 Å². The van der Waals surface area contributed by atoms with Crippen molar-refractivity contribution in [2.24, 2.45) is 0 Å². The Hall–Kier alpha value is -1.39. The molecule has 2 aromatic carbocycles. The number of benzene rings is 2. The minimum Gasteiger partial charge on any atom is -0.488 e. The van der Waals surface area contributed by atoms with Crippen LogP contribution in [0.25, 0.3) is 0 Å². The van der Waals surface area contributed by atoms with Crippen LogP contribution in [0.2, 0.25) is 0 Å². The molecule has 0 aromatic heterocycles. The minimum absolute atomic E-state index is 0.0974. The highest BCUT2D eigenvalue weighted by Gasteiger charge is 2.07. The van der Waals surface area contributed by atoms with E-state index in [1.54, 1.807) is 18.2 Å². The van der Waals surface area contributed by atoms with Gasteiger partial charge in [0.05, 0.1) is 6.61 Å². The van der Waals surface area contributed by atoms with Gasteiger partial charge in [0.15, 0.2) is 0 Å². The Bertz CT molecular complexity index is 584. The van der Waals surface area contributed by atoms with Crippen molar-refractivity contribution >= 4 is 15.9 Å². The van der Waals surface area contributed by atoms with Gasteiger partial charge < -0.3 is 9.84 Å². The summed E-state index contributed by atoms with van der Waals surface area (Å²) >= 11 is 3.21. The fraction of sp³-hybridized carbons (Fsp3) is 0.200. The van der Waals surface area contributed by atoms with Crippen LogP contribution in [-0.4, -0.2) is 5.11 Å². The summed E-state index contributed by atoms with van der Waals surface area (Å²) in [5.74, 6) is 0.266.